The highest BCUT2D eigenvalue weighted by Crippen LogP contribution is 2.20. The summed E-state index contributed by atoms with van der Waals surface area (Å²) >= 11 is 1.01. The molecule has 0 aliphatic carbocycles. The number of thioether (sulfide) groups is 1. The van der Waals surface area contributed by atoms with Gasteiger partial charge in [0.2, 0.25) is 5.91 Å². The Morgan fingerprint density at radius 2 is 2.00 bits per heavy atom. The first-order valence-electron chi connectivity index (χ1n) is 5.73. The lowest BCUT2D eigenvalue weighted by molar-refractivity contribution is -0.133. The lowest BCUT2D eigenvalue weighted by Crippen LogP contribution is -2.17. The SMILES string of the molecule is COC(=O)c1cccc(NC(=O)CSCC(=O)O)c1C. The van der Waals surface area contributed by atoms with Crippen LogP contribution >= 0.6 is 11.8 Å². The monoisotopic (exact) mass is 297 g/mol. The summed E-state index contributed by atoms with van der Waals surface area (Å²) < 4.78 is 4.65. The van der Waals surface area contributed by atoms with E-state index in [-0.39, 0.29) is 17.4 Å². The van der Waals surface area contributed by atoms with E-state index in [1.165, 1.54) is 7.11 Å². The molecule has 0 aliphatic heterocycles. The van der Waals surface area contributed by atoms with Crippen molar-refractivity contribution >= 4 is 35.3 Å². The summed E-state index contributed by atoms with van der Waals surface area (Å²) in [5, 5.41) is 11.1. The van der Waals surface area contributed by atoms with E-state index in [9.17, 15) is 14.4 Å². The number of methoxy groups -OCH3 is 1. The van der Waals surface area contributed by atoms with Crippen LogP contribution in [0.2, 0.25) is 0 Å². The zero-order valence-electron chi connectivity index (χ0n) is 11.1. The van der Waals surface area contributed by atoms with Crippen LogP contribution in [0.25, 0.3) is 0 Å². The van der Waals surface area contributed by atoms with E-state index in [1.807, 2.05) is 0 Å². The quantitative estimate of drug-likeness (QED) is 0.774. The molecule has 6 nitrogen and oxygen atoms in total. The van der Waals surface area contributed by atoms with Gasteiger partial charge in [0.05, 0.1) is 24.2 Å². The molecule has 0 spiro atoms. The number of rotatable bonds is 6. The Labute approximate surface area is 120 Å². The highest BCUT2D eigenvalue weighted by molar-refractivity contribution is 8.00. The topological polar surface area (TPSA) is 92.7 Å². The van der Waals surface area contributed by atoms with Crippen molar-refractivity contribution < 1.29 is 24.2 Å². The summed E-state index contributed by atoms with van der Waals surface area (Å²) in [4.78, 5) is 33.5. The Bertz CT molecular complexity index is 529. The van der Waals surface area contributed by atoms with Gasteiger partial charge in [-0.05, 0) is 24.6 Å². The number of nitrogens with one attached hydrogen (secondary N) is 1. The Balaban J connectivity index is 2.70. The third kappa shape index (κ3) is 4.58. The number of benzene rings is 1. The molecule has 2 N–H and O–H groups in total. The van der Waals surface area contributed by atoms with E-state index in [1.54, 1.807) is 25.1 Å². The van der Waals surface area contributed by atoms with Crippen molar-refractivity contribution in [3.05, 3.63) is 29.3 Å². The van der Waals surface area contributed by atoms with Crippen molar-refractivity contribution in [2.75, 3.05) is 23.9 Å². The number of anilines is 1. The van der Waals surface area contributed by atoms with Gasteiger partial charge in [-0.2, -0.15) is 0 Å². The fraction of sp³-hybridized carbons (Fsp3) is 0.308. The summed E-state index contributed by atoms with van der Waals surface area (Å²) in [6.07, 6.45) is 0. The number of carboxylic acid groups (broad SMARTS) is 1. The average Bonchev–Trinajstić information content (AvgIpc) is 2.40. The van der Waals surface area contributed by atoms with Crippen LogP contribution in [0.3, 0.4) is 0 Å². The summed E-state index contributed by atoms with van der Waals surface area (Å²) in [7, 11) is 1.29. The number of esters is 1. The number of amides is 1. The van der Waals surface area contributed by atoms with E-state index in [4.69, 9.17) is 5.11 Å². The highest BCUT2D eigenvalue weighted by atomic mass is 32.2. The van der Waals surface area contributed by atoms with Crippen LogP contribution in [0.15, 0.2) is 18.2 Å². The minimum absolute atomic E-state index is 0.0359. The predicted octanol–water partition coefficient (Wildman–Crippen LogP) is 1.54. The van der Waals surface area contributed by atoms with E-state index in [0.29, 0.717) is 16.8 Å². The van der Waals surface area contributed by atoms with Gasteiger partial charge in [0, 0.05) is 5.69 Å². The smallest absolute Gasteiger partial charge is 0.338 e. The van der Waals surface area contributed by atoms with Crippen molar-refractivity contribution in [1.82, 2.24) is 0 Å². The summed E-state index contributed by atoms with van der Waals surface area (Å²) in [6, 6.07) is 4.91. The Morgan fingerprint density at radius 3 is 2.60 bits per heavy atom. The number of carbonyl (C=O) groups is 3. The molecule has 0 unspecified atom stereocenters. The molecule has 0 radical (unpaired) electrons. The number of carbonyl (C=O) groups excluding carboxylic acids is 2. The zero-order valence-corrected chi connectivity index (χ0v) is 12.0. The number of hydrogen-bond donors (Lipinski definition) is 2. The van der Waals surface area contributed by atoms with Gasteiger partial charge in [-0.15, -0.1) is 11.8 Å². The van der Waals surface area contributed by atoms with Crippen LogP contribution in [-0.4, -0.2) is 41.6 Å². The summed E-state index contributed by atoms with van der Waals surface area (Å²) in [5.41, 5.74) is 1.49. The van der Waals surface area contributed by atoms with Crippen molar-refractivity contribution in [1.29, 1.82) is 0 Å². The molecule has 7 heteroatoms. The molecule has 20 heavy (non-hydrogen) atoms. The van der Waals surface area contributed by atoms with Gasteiger partial charge in [0.1, 0.15) is 0 Å². The normalized spacial score (nSPS) is 9.90. The second kappa shape index (κ2) is 7.54. The second-order valence-electron chi connectivity index (χ2n) is 3.90. The van der Waals surface area contributed by atoms with Crippen LogP contribution in [-0.2, 0) is 14.3 Å². The maximum absolute atomic E-state index is 11.7. The summed E-state index contributed by atoms with van der Waals surface area (Å²) in [6.45, 7) is 1.70. The Morgan fingerprint density at radius 1 is 1.30 bits per heavy atom. The minimum atomic E-state index is -0.966. The number of hydrogen-bond acceptors (Lipinski definition) is 5. The first-order valence-corrected chi connectivity index (χ1v) is 6.88. The van der Waals surface area contributed by atoms with Crippen molar-refractivity contribution in [2.45, 2.75) is 6.92 Å². The van der Waals surface area contributed by atoms with Gasteiger partial charge in [-0.3, -0.25) is 9.59 Å². The molecule has 0 atom stereocenters. The van der Waals surface area contributed by atoms with Crippen molar-refractivity contribution in [2.24, 2.45) is 0 Å². The maximum atomic E-state index is 11.7. The predicted molar refractivity (Wildman–Crippen MR) is 76.1 cm³/mol. The zero-order chi connectivity index (χ0) is 15.1. The summed E-state index contributed by atoms with van der Waals surface area (Å²) in [5.74, 6) is -1.85. The molecule has 1 amide bonds. The minimum Gasteiger partial charge on any atom is -0.481 e. The molecule has 0 saturated carbocycles. The fourth-order valence-electron chi connectivity index (χ4n) is 1.52. The molecule has 0 heterocycles. The second-order valence-corrected chi connectivity index (χ2v) is 4.89. The molecule has 0 fully saturated rings. The van der Waals surface area contributed by atoms with Gasteiger partial charge >= 0.3 is 11.9 Å². The third-order valence-corrected chi connectivity index (χ3v) is 3.39. The van der Waals surface area contributed by atoms with Gasteiger partial charge in [0.15, 0.2) is 0 Å². The number of ether oxygens (including phenoxy) is 1. The standard InChI is InChI=1S/C13H15NO5S/c1-8-9(13(18)19-2)4-3-5-10(8)14-11(15)6-20-7-12(16)17/h3-5H,6-7H2,1-2H3,(H,14,15)(H,16,17). The molecule has 1 rings (SSSR count). The molecule has 1 aromatic rings. The lowest BCUT2D eigenvalue weighted by atomic mass is 10.1. The van der Waals surface area contributed by atoms with Crippen LogP contribution in [0.4, 0.5) is 5.69 Å². The molecule has 0 aliphatic rings. The molecular formula is C13H15NO5S. The molecule has 0 bridgehead atoms. The fourth-order valence-corrected chi connectivity index (χ4v) is 2.05. The van der Waals surface area contributed by atoms with Crippen LogP contribution < -0.4 is 5.32 Å². The van der Waals surface area contributed by atoms with E-state index >= 15 is 0 Å². The largest absolute Gasteiger partial charge is 0.481 e. The average molecular weight is 297 g/mol. The van der Waals surface area contributed by atoms with E-state index in [0.717, 1.165) is 11.8 Å². The molecule has 0 aromatic heterocycles. The Hall–Kier alpha value is -2.02. The maximum Gasteiger partial charge on any atom is 0.338 e. The van der Waals surface area contributed by atoms with Crippen LogP contribution in [0.1, 0.15) is 15.9 Å². The molecule has 108 valence electrons. The van der Waals surface area contributed by atoms with E-state index < -0.39 is 11.9 Å². The first-order chi connectivity index (χ1) is 9.45. The number of aliphatic carboxylic acids is 1. The first kappa shape index (κ1) is 16.0. The van der Waals surface area contributed by atoms with Crippen LogP contribution in [0.5, 0.6) is 0 Å². The van der Waals surface area contributed by atoms with Gasteiger partial charge in [-0.25, -0.2) is 4.79 Å². The Kier molecular flexibility index (Phi) is 6.05. The van der Waals surface area contributed by atoms with Gasteiger partial charge < -0.3 is 15.2 Å². The van der Waals surface area contributed by atoms with Crippen molar-refractivity contribution in [3.63, 3.8) is 0 Å². The molecule has 0 saturated heterocycles. The lowest BCUT2D eigenvalue weighted by Gasteiger charge is -2.11. The van der Waals surface area contributed by atoms with Gasteiger partial charge in [-0.1, -0.05) is 6.07 Å². The van der Waals surface area contributed by atoms with Gasteiger partial charge in [0.25, 0.3) is 0 Å². The van der Waals surface area contributed by atoms with Crippen LogP contribution in [0, 0.1) is 6.92 Å². The van der Waals surface area contributed by atoms with E-state index in [2.05, 4.69) is 10.1 Å². The molecule has 1 aromatic carbocycles. The van der Waals surface area contributed by atoms with Crippen molar-refractivity contribution in [3.8, 4) is 0 Å². The highest BCUT2D eigenvalue weighted by Gasteiger charge is 2.13. The third-order valence-electron chi connectivity index (χ3n) is 2.47. The molecular weight excluding hydrogens is 282 g/mol. The number of carboxylic acids is 1.